The maximum Gasteiger partial charge on any atom is 0.224 e. The van der Waals surface area contributed by atoms with Crippen molar-refractivity contribution in [2.75, 3.05) is 11.5 Å². The highest BCUT2D eigenvalue weighted by atomic mass is 16.5. The number of ether oxygens (including phenoxy) is 1. The minimum atomic E-state index is -0.177. The molecule has 2 heterocycles. The van der Waals surface area contributed by atoms with Gasteiger partial charge in [0.05, 0.1) is 18.5 Å². The molecule has 0 aliphatic carbocycles. The molecule has 118 valence electrons. The van der Waals surface area contributed by atoms with Crippen LogP contribution in [0.15, 0.2) is 36.5 Å². The lowest BCUT2D eigenvalue weighted by Gasteiger charge is -2.16. The molecule has 4 N–H and O–H groups in total. The molecule has 0 fully saturated rings. The van der Waals surface area contributed by atoms with Crippen LogP contribution in [-0.2, 0) is 11.3 Å². The molecule has 23 heavy (non-hydrogen) atoms. The van der Waals surface area contributed by atoms with E-state index >= 15 is 0 Å². The van der Waals surface area contributed by atoms with Gasteiger partial charge in [0.1, 0.15) is 6.10 Å². The van der Waals surface area contributed by atoms with Gasteiger partial charge in [0, 0.05) is 0 Å². The number of nitrogens with two attached hydrogens (primary N) is 2. The lowest BCUT2D eigenvalue weighted by atomic mass is 10.2. The fourth-order valence-corrected chi connectivity index (χ4v) is 2.30. The Morgan fingerprint density at radius 3 is 2.61 bits per heavy atom. The van der Waals surface area contributed by atoms with Crippen molar-refractivity contribution in [2.45, 2.75) is 26.1 Å². The van der Waals surface area contributed by atoms with Gasteiger partial charge in [-0.05, 0) is 12.0 Å². The number of hydrogen-bond acceptors (Lipinski definition) is 7. The quantitative estimate of drug-likeness (QED) is 0.743. The monoisotopic (exact) mass is 310 g/mol. The Balaban J connectivity index is 1.84. The number of benzene rings is 1. The van der Waals surface area contributed by atoms with Crippen molar-refractivity contribution in [1.82, 2.24) is 19.9 Å². The Morgan fingerprint density at radius 1 is 1.09 bits per heavy atom. The first-order chi connectivity index (χ1) is 11.2. The van der Waals surface area contributed by atoms with Gasteiger partial charge in [0.25, 0.3) is 0 Å². The van der Waals surface area contributed by atoms with E-state index in [1.54, 1.807) is 6.20 Å². The zero-order chi connectivity index (χ0) is 16.2. The van der Waals surface area contributed by atoms with Crippen molar-refractivity contribution in [3.63, 3.8) is 0 Å². The normalized spacial score (nSPS) is 12.4. The Kier molecular flexibility index (Phi) is 4.29. The van der Waals surface area contributed by atoms with E-state index in [-0.39, 0.29) is 17.9 Å². The average molecular weight is 310 g/mol. The van der Waals surface area contributed by atoms with Gasteiger partial charge < -0.3 is 16.2 Å². The summed E-state index contributed by atoms with van der Waals surface area (Å²) in [5.74, 6) is 0.309. The van der Waals surface area contributed by atoms with Gasteiger partial charge in [-0.3, -0.25) is 0 Å². The van der Waals surface area contributed by atoms with Crippen LogP contribution in [0.5, 0.6) is 0 Å². The van der Waals surface area contributed by atoms with Crippen LogP contribution in [0.25, 0.3) is 11.2 Å². The van der Waals surface area contributed by atoms with Gasteiger partial charge in [-0.2, -0.15) is 9.97 Å². The molecule has 2 aromatic heterocycles. The SMILES string of the molecule is CC[C@H](OCc1ccccc1)c1cnc2nc(N)nc(N)c2n1. The van der Waals surface area contributed by atoms with Crippen molar-refractivity contribution in [3.05, 3.63) is 47.8 Å². The molecule has 0 radical (unpaired) electrons. The zero-order valence-electron chi connectivity index (χ0n) is 12.8. The lowest BCUT2D eigenvalue weighted by molar-refractivity contribution is 0.0343. The molecule has 0 amide bonds. The molecule has 7 nitrogen and oxygen atoms in total. The minimum Gasteiger partial charge on any atom is -0.382 e. The van der Waals surface area contributed by atoms with Crippen molar-refractivity contribution >= 4 is 22.9 Å². The molecule has 1 atom stereocenters. The summed E-state index contributed by atoms with van der Waals surface area (Å²) in [7, 11) is 0. The van der Waals surface area contributed by atoms with Crippen molar-refractivity contribution in [1.29, 1.82) is 0 Å². The molecule has 0 saturated heterocycles. The van der Waals surface area contributed by atoms with Crippen LogP contribution in [0.4, 0.5) is 11.8 Å². The van der Waals surface area contributed by atoms with Crippen molar-refractivity contribution in [3.8, 4) is 0 Å². The van der Waals surface area contributed by atoms with Gasteiger partial charge >= 0.3 is 0 Å². The van der Waals surface area contributed by atoms with Crippen LogP contribution < -0.4 is 11.5 Å². The molecule has 0 spiro atoms. The van der Waals surface area contributed by atoms with Gasteiger partial charge in [0.15, 0.2) is 17.0 Å². The molecular weight excluding hydrogens is 292 g/mol. The Labute approximate surface area is 133 Å². The summed E-state index contributed by atoms with van der Waals surface area (Å²) >= 11 is 0. The summed E-state index contributed by atoms with van der Waals surface area (Å²) in [5.41, 5.74) is 14.1. The second-order valence-electron chi connectivity index (χ2n) is 5.13. The van der Waals surface area contributed by atoms with E-state index in [0.29, 0.717) is 23.5 Å². The molecule has 1 aromatic carbocycles. The molecular formula is C16H18N6O. The Bertz CT molecular complexity index is 808. The van der Waals surface area contributed by atoms with E-state index in [2.05, 4.69) is 19.9 Å². The van der Waals surface area contributed by atoms with Crippen LogP contribution in [0.3, 0.4) is 0 Å². The van der Waals surface area contributed by atoms with Gasteiger partial charge in [-0.15, -0.1) is 0 Å². The van der Waals surface area contributed by atoms with E-state index in [1.807, 2.05) is 37.3 Å². The Morgan fingerprint density at radius 2 is 1.87 bits per heavy atom. The van der Waals surface area contributed by atoms with Gasteiger partial charge in [-0.1, -0.05) is 37.3 Å². The van der Waals surface area contributed by atoms with Crippen LogP contribution in [-0.4, -0.2) is 19.9 Å². The standard InChI is InChI=1S/C16H18N6O/c1-2-12(23-9-10-6-4-3-5-7-10)11-8-19-15-13(20-11)14(17)21-16(18)22-15/h3-8,12H,2,9H2,1H3,(H4,17,18,19,21,22)/t12-/m0/s1. The number of nitrogens with zero attached hydrogens (tertiary/aromatic N) is 4. The number of fused-ring (bicyclic) bond motifs is 1. The topological polar surface area (TPSA) is 113 Å². The highest BCUT2D eigenvalue weighted by Crippen LogP contribution is 2.23. The smallest absolute Gasteiger partial charge is 0.224 e. The maximum atomic E-state index is 5.97. The molecule has 7 heteroatoms. The first-order valence-electron chi connectivity index (χ1n) is 7.38. The highest BCUT2D eigenvalue weighted by Gasteiger charge is 2.15. The first-order valence-corrected chi connectivity index (χ1v) is 7.38. The van der Waals surface area contributed by atoms with Gasteiger partial charge in [-0.25, -0.2) is 9.97 Å². The largest absolute Gasteiger partial charge is 0.382 e. The van der Waals surface area contributed by atoms with E-state index in [0.717, 1.165) is 12.0 Å². The van der Waals surface area contributed by atoms with Crippen LogP contribution in [0, 0.1) is 0 Å². The lowest BCUT2D eigenvalue weighted by Crippen LogP contribution is -2.09. The number of aromatic nitrogens is 4. The average Bonchev–Trinajstić information content (AvgIpc) is 2.56. The summed E-state index contributed by atoms with van der Waals surface area (Å²) in [6, 6.07) is 9.99. The molecule has 0 aliphatic heterocycles. The minimum absolute atomic E-state index is 0.0874. The summed E-state index contributed by atoms with van der Waals surface area (Å²) in [4.78, 5) is 16.7. The number of nitrogen functional groups attached to an aromatic ring is 2. The third-order valence-electron chi connectivity index (χ3n) is 3.46. The number of rotatable bonds is 5. The first kappa shape index (κ1) is 15.1. The molecule has 3 aromatic rings. The highest BCUT2D eigenvalue weighted by molar-refractivity contribution is 5.81. The Hall–Kier alpha value is -2.80. The van der Waals surface area contributed by atoms with Crippen molar-refractivity contribution < 1.29 is 4.74 Å². The summed E-state index contributed by atoms with van der Waals surface area (Å²) in [5, 5.41) is 0. The molecule has 0 bridgehead atoms. The third-order valence-corrected chi connectivity index (χ3v) is 3.46. The third kappa shape index (κ3) is 3.35. The van der Waals surface area contributed by atoms with Crippen molar-refractivity contribution in [2.24, 2.45) is 0 Å². The summed E-state index contributed by atoms with van der Waals surface area (Å²) in [6.07, 6.45) is 2.24. The maximum absolute atomic E-state index is 5.97. The summed E-state index contributed by atoms with van der Waals surface area (Å²) < 4.78 is 5.97. The zero-order valence-corrected chi connectivity index (χ0v) is 12.8. The number of anilines is 2. The van der Waals surface area contributed by atoms with E-state index < -0.39 is 0 Å². The van der Waals surface area contributed by atoms with Crippen LogP contribution in [0.1, 0.15) is 30.7 Å². The fourth-order valence-electron chi connectivity index (χ4n) is 2.30. The predicted molar refractivity (Wildman–Crippen MR) is 88.2 cm³/mol. The fraction of sp³-hybridized carbons (Fsp3) is 0.250. The molecule has 0 saturated carbocycles. The molecule has 0 aliphatic rings. The van der Waals surface area contributed by atoms with Crippen LogP contribution in [0.2, 0.25) is 0 Å². The molecule has 3 rings (SSSR count). The second-order valence-corrected chi connectivity index (χ2v) is 5.13. The predicted octanol–water partition coefficient (Wildman–Crippen LogP) is 2.25. The van der Waals surface area contributed by atoms with E-state index in [1.165, 1.54) is 0 Å². The summed E-state index contributed by atoms with van der Waals surface area (Å²) in [6.45, 7) is 2.54. The van der Waals surface area contributed by atoms with E-state index in [4.69, 9.17) is 16.2 Å². The molecule has 0 unspecified atom stereocenters. The van der Waals surface area contributed by atoms with E-state index in [9.17, 15) is 0 Å². The van der Waals surface area contributed by atoms with Crippen LogP contribution >= 0.6 is 0 Å². The number of hydrogen-bond donors (Lipinski definition) is 2. The van der Waals surface area contributed by atoms with Gasteiger partial charge in [0.2, 0.25) is 5.95 Å². The second kappa shape index (κ2) is 6.53.